The second kappa shape index (κ2) is 5.21. The summed E-state index contributed by atoms with van der Waals surface area (Å²) in [6, 6.07) is 1.82. The zero-order valence-corrected chi connectivity index (χ0v) is 10.4. The quantitative estimate of drug-likeness (QED) is 0.855. The van der Waals surface area contributed by atoms with E-state index in [9.17, 15) is 4.79 Å². The van der Waals surface area contributed by atoms with Crippen molar-refractivity contribution in [2.24, 2.45) is 5.92 Å². The molecule has 0 radical (unpaired) electrons. The lowest BCUT2D eigenvalue weighted by atomic mass is 10.0. The van der Waals surface area contributed by atoms with Gasteiger partial charge in [0.1, 0.15) is 0 Å². The first-order valence-corrected chi connectivity index (χ1v) is 6.10. The lowest BCUT2D eigenvalue weighted by molar-refractivity contribution is 0.168. The Labute approximate surface area is 101 Å². The maximum absolute atomic E-state index is 11.9. The second-order valence-corrected chi connectivity index (χ2v) is 4.79. The average molecular weight is 237 g/mol. The zero-order chi connectivity index (χ0) is 12.3. The van der Waals surface area contributed by atoms with Crippen LogP contribution in [0.5, 0.6) is 0 Å². The largest absolute Gasteiger partial charge is 0.359 e. The van der Waals surface area contributed by atoms with Crippen molar-refractivity contribution in [2.45, 2.75) is 33.2 Å². The Hall–Kier alpha value is -1.52. The van der Waals surface area contributed by atoms with E-state index in [1.807, 2.05) is 17.9 Å². The molecule has 1 unspecified atom stereocenters. The van der Waals surface area contributed by atoms with Gasteiger partial charge < -0.3 is 14.7 Å². The fraction of sp³-hybridized carbons (Fsp3) is 0.667. The Kier molecular flexibility index (Phi) is 3.66. The number of hydrogen-bond donors (Lipinski definition) is 1. The number of likely N-dealkylation sites (tertiary alicyclic amines) is 1. The number of nitrogens with one attached hydrogen (secondary N) is 1. The minimum absolute atomic E-state index is 0.00870. The molecule has 0 aromatic carbocycles. The Morgan fingerprint density at radius 1 is 1.71 bits per heavy atom. The van der Waals surface area contributed by atoms with Crippen LogP contribution in [0.4, 0.5) is 4.79 Å². The van der Waals surface area contributed by atoms with Crippen LogP contribution in [-0.4, -0.2) is 29.2 Å². The standard InChI is InChI=1S/C12H19N3O2/c1-9-4-3-5-15(8-9)12(16)13-7-11-6-10(2)14-17-11/h6,9H,3-5,7-8H2,1-2H3,(H,13,16). The predicted octanol–water partition coefficient (Wildman–Crippen LogP) is 1.92. The fourth-order valence-corrected chi connectivity index (χ4v) is 2.15. The number of hydrogen-bond acceptors (Lipinski definition) is 3. The Morgan fingerprint density at radius 3 is 3.18 bits per heavy atom. The van der Waals surface area contributed by atoms with Crippen molar-refractivity contribution in [3.63, 3.8) is 0 Å². The van der Waals surface area contributed by atoms with Gasteiger partial charge in [0, 0.05) is 19.2 Å². The van der Waals surface area contributed by atoms with E-state index in [1.54, 1.807) is 0 Å². The second-order valence-electron chi connectivity index (χ2n) is 4.79. The maximum atomic E-state index is 11.9. The van der Waals surface area contributed by atoms with E-state index in [4.69, 9.17) is 4.52 Å². The van der Waals surface area contributed by atoms with Crippen LogP contribution in [0.2, 0.25) is 0 Å². The van der Waals surface area contributed by atoms with Crippen molar-refractivity contribution in [1.82, 2.24) is 15.4 Å². The number of rotatable bonds is 2. The van der Waals surface area contributed by atoms with Crippen LogP contribution in [-0.2, 0) is 6.54 Å². The van der Waals surface area contributed by atoms with E-state index >= 15 is 0 Å². The molecule has 0 saturated carbocycles. The molecule has 5 nitrogen and oxygen atoms in total. The summed E-state index contributed by atoms with van der Waals surface area (Å²) < 4.78 is 5.04. The third-order valence-corrected chi connectivity index (χ3v) is 3.03. The predicted molar refractivity (Wildman–Crippen MR) is 63.4 cm³/mol. The van der Waals surface area contributed by atoms with Crippen LogP contribution < -0.4 is 5.32 Å². The molecule has 1 aliphatic rings. The summed E-state index contributed by atoms with van der Waals surface area (Å²) in [6.45, 7) is 6.15. The van der Waals surface area contributed by atoms with Gasteiger partial charge in [0.2, 0.25) is 0 Å². The molecule has 1 fully saturated rings. The minimum atomic E-state index is -0.00870. The molecule has 1 saturated heterocycles. The third kappa shape index (κ3) is 3.22. The van der Waals surface area contributed by atoms with Crippen molar-refractivity contribution < 1.29 is 9.32 Å². The summed E-state index contributed by atoms with van der Waals surface area (Å²) in [6.07, 6.45) is 2.31. The van der Waals surface area contributed by atoms with Crippen molar-refractivity contribution in [1.29, 1.82) is 0 Å². The number of urea groups is 1. The lowest BCUT2D eigenvalue weighted by Crippen LogP contribution is -2.44. The smallest absolute Gasteiger partial charge is 0.317 e. The van der Waals surface area contributed by atoms with Gasteiger partial charge >= 0.3 is 6.03 Å². The molecule has 94 valence electrons. The lowest BCUT2D eigenvalue weighted by Gasteiger charge is -2.30. The van der Waals surface area contributed by atoms with Crippen LogP contribution in [0, 0.1) is 12.8 Å². The van der Waals surface area contributed by atoms with Gasteiger partial charge in [0.25, 0.3) is 0 Å². The molecule has 0 spiro atoms. The van der Waals surface area contributed by atoms with Gasteiger partial charge in [0.15, 0.2) is 5.76 Å². The van der Waals surface area contributed by atoms with Crippen LogP contribution in [0.25, 0.3) is 0 Å². The van der Waals surface area contributed by atoms with Crippen LogP contribution in [0.15, 0.2) is 10.6 Å². The summed E-state index contributed by atoms with van der Waals surface area (Å²) in [7, 11) is 0. The fourth-order valence-electron chi connectivity index (χ4n) is 2.15. The highest BCUT2D eigenvalue weighted by atomic mass is 16.5. The molecule has 1 atom stereocenters. The van der Waals surface area contributed by atoms with Crippen molar-refractivity contribution in [3.8, 4) is 0 Å². The van der Waals surface area contributed by atoms with E-state index in [1.165, 1.54) is 6.42 Å². The monoisotopic (exact) mass is 237 g/mol. The van der Waals surface area contributed by atoms with Gasteiger partial charge in [-0.2, -0.15) is 0 Å². The van der Waals surface area contributed by atoms with Gasteiger partial charge in [0.05, 0.1) is 12.2 Å². The number of amides is 2. The number of piperidine rings is 1. The van der Waals surface area contributed by atoms with Crippen molar-refractivity contribution >= 4 is 6.03 Å². The Balaban J connectivity index is 1.80. The number of aromatic nitrogens is 1. The highest BCUT2D eigenvalue weighted by molar-refractivity contribution is 5.74. The van der Waals surface area contributed by atoms with Gasteiger partial charge in [-0.25, -0.2) is 4.79 Å². The van der Waals surface area contributed by atoms with E-state index in [0.717, 1.165) is 25.2 Å². The van der Waals surface area contributed by atoms with E-state index in [0.29, 0.717) is 18.2 Å². The van der Waals surface area contributed by atoms with Gasteiger partial charge in [-0.15, -0.1) is 0 Å². The summed E-state index contributed by atoms with van der Waals surface area (Å²) in [5.74, 6) is 1.29. The number of aryl methyl sites for hydroxylation is 1. The van der Waals surface area contributed by atoms with Gasteiger partial charge in [-0.1, -0.05) is 12.1 Å². The topological polar surface area (TPSA) is 58.4 Å². The molecule has 2 rings (SSSR count). The van der Waals surface area contributed by atoms with Crippen LogP contribution in [0.1, 0.15) is 31.2 Å². The first kappa shape index (κ1) is 12.0. The number of carbonyl (C=O) groups excluding carboxylic acids is 1. The maximum Gasteiger partial charge on any atom is 0.317 e. The highest BCUT2D eigenvalue weighted by Gasteiger charge is 2.20. The Bertz CT molecular complexity index is 389. The molecule has 5 heteroatoms. The molecule has 0 bridgehead atoms. The molecular formula is C12H19N3O2. The van der Waals surface area contributed by atoms with E-state index in [2.05, 4.69) is 17.4 Å². The molecular weight excluding hydrogens is 218 g/mol. The van der Waals surface area contributed by atoms with Gasteiger partial charge in [-0.05, 0) is 25.7 Å². The molecule has 0 aliphatic carbocycles. The summed E-state index contributed by atoms with van der Waals surface area (Å²) in [5.41, 5.74) is 0.834. The van der Waals surface area contributed by atoms with Crippen molar-refractivity contribution in [3.05, 3.63) is 17.5 Å². The summed E-state index contributed by atoms with van der Waals surface area (Å²) >= 11 is 0. The first-order chi connectivity index (χ1) is 8.15. The van der Waals surface area contributed by atoms with E-state index < -0.39 is 0 Å². The normalized spacial score (nSPS) is 20.4. The molecule has 2 amide bonds. The molecule has 17 heavy (non-hydrogen) atoms. The van der Waals surface area contributed by atoms with E-state index in [-0.39, 0.29) is 6.03 Å². The third-order valence-electron chi connectivity index (χ3n) is 3.03. The van der Waals surface area contributed by atoms with Crippen LogP contribution >= 0.6 is 0 Å². The average Bonchev–Trinajstić information content (AvgIpc) is 2.72. The molecule has 2 heterocycles. The SMILES string of the molecule is Cc1cc(CNC(=O)N2CCCC(C)C2)on1. The van der Waals surface area contributed by atoms with Crippen molar-refractivity contribution in [2.75, 3.05) is 13.1 Å². The molecule has 1 N–H and O–H groups in total. The zero-order valence-electron chi connectivity index (χ0n) is 10.4. The van der Waals surface area contributed by atoms with Gasteiger partial charge in [-0.3, -0.25) is 0 Å². The minimum Gasteiger partial charge on any atom is -0.359 e. The summed E-state index contributed by atoms with van der Waals surface area (Å²) in [4.78, 5) is 13.7. The Morgan fingerprint density at radius 2 is 2.53 bits per heavy atom. The first-order valence-electron chi connectivity index (χ1n) is 6.10. The molecule has 1 aliphatic heterocycles. The molecule has 1 aromatic heterocycles. The number of carbonyl (C=O) groups is 1. The molecule has 1 aromatic rings. The number of nitrogens with zero attached hydrogens (tertiary/aromatic N) is 2. The summed E-state index contributed by atoms with van der Waals surface area (Å²) in [5, 5.41) is 6.64. The van der Waals surface area contributed by atoms with Crippen LogP contribution in [0.3, 0.4) is 0 Å². The highest BCUT2D eigenvalue weighted by Crippen LogP contribution is 2.15.